The van der Waals surface area contributed by atoms with E-state index >= 15 is 0 Å². The van der Waals surface area contributed by atoms with Gasteiger partial charge < -0.3 is 9.32 Å². The molecule has 4 rings (SSSR count). The molecule has 0 saturated carbocycles. The molecule has 1 aromatic heterocycles. The van der Waals surface area contributed by atoms with Gasteiger partial charge >= 0.3 is 5.63 Å². The van der Waals surface area contributed by atoms with Gasteiger partial charge in [-0.1, -0.05) is 24.3 Å². The summed E-state index contributed by atoms with van der Waals surface area (Å²) < 4.78 is 5.40. The topological polar surface area (TPSA) is 36.7 Å². The molecule has 4 heteroatoms. The van der Waals surface area contributed by atoms with Crippen LogP contribution in [0.15, 0.2) is 57.7 Å². The number of aryl methyl sites for hydroxylation is 2. The molecule has 4 nitrogen and oxygen atoms in total. The van der Waals surface area contributed by atoms with Crippen molar-refractivity contribution in [3.63, 3.8) is 0 Å². The minimum atomic E-state index is -0.269. The van der Waals surface area contributed by atoms with Crippen LogP contribution in [0, 0.1) is 13.8 Å². The van der Waals surface area contributed by atoms with Crippen molar-refractivity contribution in [1.29, 1.82) is 0 Å². The van der Waals surface area contributed by atoms with Gasteiger partial charge in [0.2, 0.25) is 0 Å². The van der Waals surface area contributed by atoms with Gasteiger partial charge in [-0.2, -0.15) is 0 Å². The highest BCUT2D eigenvalue weighted by Gasteiger charge is 2.24. The Morgan fingerprint density at radius 1 is 1.04 bits per heavy atom. The quantitative estimate of drug-likeness (QED) is 0.657. The van der Waals surface area contributed by atoms with E-state index in [0.29, 0.717) is 11.6 Å². The maximum atomic E-state index is 12.0. The van der Waals surface area contributed by atoms with Crippen LogP contribution in [0.1, 0.15) is 23.6 Å². The number of benzene rings is 2. The summed E-state index contributed by atoms with van der Waals surface area (Å²) in [5.41, 5.74) is 5.16. The Balaban J connectivity index is 1.54. The van der Waals surface area contributed by atoms with E-state index in [1.807, 2.05) is 13.0 Å². The lowest BCUT2D eigenvalue weighted by Crippen LogP contribution is -2.51. The van der Waals surface area contributed by atoms with Gasteiger partial charge in [-0.05, 0) is 55.7 Å². The molecule has 1 aliphatic rings. The van der Waals surface area contributed by atoms with Crippen molar-refractivity contribution in [3.8, 4) is 0 Å². The van der Waals surface area contributed by atoms with E-state index in [1.54, 1.807) is 6.07 Å². The number of anilines is 1. The third-order valence-corrected chi connectivity index (χ3v) is 5.42. The van der Waals surface area contributed by atoms with Crippen molar-refractivity contribution in [2.75, 3.05) is 24.5 Å². The van der Waals surface area contributed by atoms with Crippen LogP contribution in [-0.4, -0.2) is 30.6 Å². The van der Waals surface area contributed by atoms with E-state index in [4.69, 9.17) is 4.42 Å². The van der Waals surface area contributed by atoms with E-state index in [-0.39, 0.29) is 5.63 Å². The first-order valence-electron chi connectivity index (χ1n) is 9.58. The first kappa shape index (κ1) is 17.8. The second-order valence-electron chi connectivity index (χ2n) is 7.71. The van der Waals surface area contributed by atoms with Gasteiger partial charge in [-0.25, -0.2) is 4.79 Å². The molecule has 1 fully saturated rings. The molecule has 0 N–H and O–H groups in total. The van der Waals surface area contributed by atoms with Gasteiger partial charge in [0.25, 0.3) is 0 Å². The predicted molar refractivity (Wildman–Crippen MR) is 110 cm³/mol. The molecule has 1 atom stereocenters. The third-order valence-electron chi connectivity index (χ3n) is 5.42. The van der Waals surface area contributed by atoms with Crippen molar-refractivity contribution in [2.45, 2.75) is 33.4 Å². The van der Waals surface area contributed by atoms with Crippen molar-refractivity contribution in [2.24, 2.45) is 0 Å². The molecule has 2 heterocycles. The molecule has 140 valence electrons. The van der Waals surface area contributed by atoms with Gasteiger partial charge in [-0.15, -0.1) is 0 Å². The van der Waals surface area contributed by atoms with Gasteiger partial charge in [0.1, 0.15) is 5.58 Å². The van der Waals surface area contributed by atoms with Crippen LogP contribution in [0.25, 0.3) is 11.0 Å². The number of piperazine rings is 1. The minimum absolute atomic E-state index is 0.269. The number of nitrogens with zero attached hydrogens (tertiary/aromatic N) is 2. The summed E-state index contributed by atoms with van der Waals surface area (Å²) in [6, 6.07) is 16.9. The molecule has 0 aliphatic carbocycles. The Morgan fingerprint density at radius 3 is 2.63 bits per heavy atom. The average Bonchev–Trinajstić information content (AvgIpc) is 2.61. The Kier molecular flexibility index (Phi) is 4.75. The van der Waals surface area contributed by atoms with Crippen molar-refractivity contribution < 1.29 is 4.42 Å². The fourth-order valence-electron chi connectivity index (χ4n) is 4.08. The summed E-state index contributed by atoms with van der Waals surface area (Å²) in [6.07, 6.45) is 0. The lowest BCUT2D eigenvalue weighted by atomic mass is 10.1. The highest BCUT2D eigenvalue weighted by atomic mass is 16.4. The van der Waals surface area contributed by atoms with Gasteiger partial charge in [-0.3, -0.25) is 4.90 Å². The highest BCUT2D eigenvalue weighted by Crippen LogP contribution is 2.24. The predicted octanol–water partition coefficient (Wildman–Crippen LogP) is 4.12. The van der Waals surface area contributed by atoms with Crippen LogP contribution in [0.3, 0.4) is 0 Å². The number of hydrogen-bond donors (Lipinski definition) is 0. The monoisotopic (exact) mass is 362 g/mol. The number of fused-ring (bicyclic) bond motifs is 1. The fourth-order valence-corrected chi connectivity index (χ4v) is 4.08. The summed E-state index contributed by atoms with van der Waals surface area (Å²) in [4.78, 5) is 16.9. The van der Waals surface area contributed by atoms with Crippen LogP contribution in [-0.2, 0) is 6.54 Å². The van der Waals surface area contributed by atoms with Gasteiger partial charge in [0, 0.05) is 49.4 Å². The minimum Gasteiger partial charge on any atom is -0.423 e. The molecular weight excluding hydrogens is 336 g/mol. The zero-order valence-corrected chi connectivity index (χ0v) is 16.2. The fraction of sp³-hybridized carbons (Fsp3) is 0.348. The molecule has 0 amide bonds. The second kappa shape index (κ2) is 7.20. The Bertz CT molecular complexity index is 1020. The Morgan fingerprint density at radius 2 is 1.85 bits per heavy atom. The summed E-state index contributed by atoms with van der Waals surface area (Å²) in [5.74, 6) is 0. The molecular formula is C23H26N2O2. The van der Waals surface area contributed by atoms with E-state index in [1.165, 1.54) is 11.3 Å². The second-order valence-corrected chi connectivity index (χ2v) is 7.71. The molecule has 0 radical (unpaired) electrons. The Hall–Kier alpha value is -2.59. The van der Waals surface area contributed by atoms with Crippen molar-refractivity contribution in [3.05, 3.63) is 75.6 Å². The lowest BCUT2D eigenvalue weighted by Gasteiger charge is -2.41. The number of hydrogen-bond acceptors (Lipinski definition) is 4. The molecule has 0 bridgehead atoms. The normalized spacial score (nSPS) is 18.2. The maximum absolute atomic E-state index is 12.0. The zero-order valence-electron chi connectivity index (χ0n) is 16.2. The Labute approximate surface area is 160 Å². The van der Waals surface area contributed by atoms with Crippen LogP contribution in [0.2, 0.25) is 0 Å². The first-order chi connectivity index (χ1) is 13.0. The van der Waals surface area contributed by atoms with E-state index in [0.717, 1.165) is 42.7 Å². The van der Waals surface area contributed by atoms with Crippen LogP contribution in [0.5, 0.6) is 0 Å². The van der Waals surface area contributed by atoms with Gasteiger partial charge in [0.15, 0.2) is 0 Å². The lowest BCUT2D eigenvalue weighted by molar-refractivity contribution is 0.221. The third kappa shape index (κ3) is 3.76. The maximum Gasteiger partial charge on any atom is 0.336 e. The van der Waals surface area contributed by atoms with Crippen molar-refractivity contribution in [1.82, 2.24) is 4.90 Å². The smallest absolute Gasteiger partial charge is 0.336 e. The molecule has 0 unspecified atom stereocenters. The summed E-state index contributed by atoms with van der Waals surface area (Å²) >= 11 is 0. The average molecular weight is 362 g/mol. The molecule has 3 aromatic rings. The van der Waals surface area contributed by atoms with Gasteiger partial charge in [0.05, 0.1) is 0 Å². The van der Waals surface area contributed by atoms with Crippen LogP contribution in [0.4, 0.5) is 5.69 Å². The van der Waals surface area contributed by atoms with Crippen LogP contribution >= 0.6 is 0 Å². The van der Waals surface area contributed by atoms with Crippen LogP contribution < -0.4 is 10.5 Å². The first-order valence-corrected chi connectivity index (χ1v) is 9.58. The van der Waals surface area contributed by atoms with Crippen molar-refractivity contribution >= 4 is 16.7 Å². The highest BCUT2D eigenvalue weighted by molar-refractivity contribution is 5.80. The SMILES string of the molecule is Cc1cccc(N2CCN(Cc3cc(=O)oc4cc(C)ccc34)C[C@H]2C)c1. The molecule has 1 saturated heterocycles. The summed E-state index contributed by atoms with van der Waals surface area (Å²) in [5, 5.41) is 1.04. The molecule has 0 spiro atoms. The van der Waals surface area contributed by atoms with E-state index in [9.17, 15) is 4.79 Å². The number of rotatable bonds is 3. The standard InChI is InChI=1S/C23H26N2O2/c1-16-5-4-6-20(11-16)25-10-9-24(14-18(25)3)15-19-13-23(26)27-22-12-17(2)7-8-21(19)22/h4-8,11-13,18H,9-10,14-15H2,1-3H3/t18-/m1/s1. The zero-order chi connectivity index (χ0) is 19.0. The largest absolute Gasteiger partial charge is 0.423 e. The van der Waals surface area contributed by atoms with E-state index < -0.39 is 0 Å². The van der Waals surface area contributed by atoms with E-state index in [2.05, 4.69) is 60.0 Å². The molecule has 1 aliphatic heterocycles. The summed E-state index contributed by atoms with van der Waals surface area (Å²) in [6.45, 7) is 10.1. The molecule has 2 aromatic carbocycles. The summed E-state index contributed by atoms with van der Waals surface area (Å²) in [7, 11) is 0. The molecule has 27 heavy (non-hydrogen) atoms.